The molecule has 1 aromatic heterocycles. The zero-order valence-corrected chi connectivity index (χ0v) is 11.1. The third kappa shape index (κ3) is 4.06. The summed E-state index contributed by atoms with van der Waals surface area (Å²) in [6.07, 6.45) is 9.12. The minimum atomic E-state index is -0.187. The Labute approximate surface area is 113 Å². The first-order chi connectivity index (χ1) is 9.29. The minimum Gasteiger partial charge on any atom is -0.351 e. The highest BCUT2D eigenvalue weighted by molar-refractivity contribution is 5.92. The van der Waals surface area contributed by atoms with Crippen molar-refractivity contribution in [2.45, 2.75) is 38.5 Å². The lowest BCUT2D eigenvalue weighted by molar-refractivity contribution is 0.0945. The zero-order chi connectivity index (χ0) is 13.5. The van der Waals surface area contributed by atoms with E-state index in [0.717, 1.165) is 12.3 Å². The molecule has 0 unspecified atom stereocenters. The molecule has 1 fully saturated rings. The summed E-state index contributed by atoms with van der Waals surface area (Å²) in [5, 5.41) is 11.7. The van der Waals surface area contributed by atoms with Crippen LogP contribution in [0.5, 0.6) is 0 Å². The number of hydrogen-bond donors (Lipinski definition) is 1. The van der Waals surface area contributed by atoms with Gasteiger partial charge in [-0.1, -0.05) is 32.1 Å². The summed E-state index contributed by atoms with van der Waals surface area (Å²) in [6.45, 7) is 0.696. The second kappa shape index (κ2) is 6.89. The summed E-state index contributed by atoms with van der Waals surface area (Å²) >= 11 is 0. The van der Waals surface area contributed by atoms with Crippen molar-refractivity contribution in [3.63, 3.8) is 0 Å². The topological polar surface area (TPSA) is 65.8 Å². The Morgan fingerprint density at radius 1 is 1.42 bits per heavy atom. The SMILES string of the molecule is N#Cc1ccnc(C(=O)NCCC2CCCCC2)c1. The van der Waals surface area contributed by atoms with Crippen LogP contribution in [0.15, 0.2) is 18.3 Å². The smallest absolute Gasteiger partial charge is 0.269 e. The van der Waals surface area contributed by atoms with E-state index in [0.29, 0.717) is 17.8 Å². The molecule has 2 rings (SSSR count). The lowest BCUT2D eigenvalue weighted by atomic mass is 9.87. The summed E-state index contributed by atoms with van der Waals surface area (Å²) in [5.74, 6) is 0.570. The molecule has 1 N–H and O–H groups in total. The number of nitrogens with zero attached hydrogens (tertiary/aromatic N) is 2. The first kappa shape index (κ1) is 13.5. The van der Waals surface area contributed by atoms with Crippen LogP contribution in [0.2, 0.25) is 0 Å². The van der Waals surface area contributed by atoms with Gasteiger partial charge in [-0.15, -0.1) is 0 Å². The number of nitriles is 1. The van der Waals surface area contributed by atoms with Gasteiger partial charge in [-0.2, -0.15) is 5.26 Å². The van der Waals surface area contributed by atoms with Gasteiger partial charge >= 0.3 is 0 Å². The van der Waals surface area contributed by atoms with E-state index < -0.39 is 0 Å². The molecule has 4 heteroatoms. The third-order valence-electron chi connectivity index (χ3n) is 3.68. The standard InChI is InChI=1S/C15H19N3O/c16-11-13-7-8-17-14(10-13)15(19)18-9-6-12-4-2-1-3-5-12/h7-8,10,12H,1-6,9H2,(H,18,19). The van der Waals surface area contributed by atoms with Crippen LogP contribution in [0.4, 0.5) is 0 Å². The molecular weight excluding hydrogens is 238 g/mol. The fraction of sp³-hybridized carbons (Fsp3) is 0.533. The van der Waals surface area contributed by atoms with Crippen LogP contribution in [0.1, 0.15) is 54.6 Å². The van der Waals surface area contributed by atoms with E-state index in [-0.39, 0.29) is 5.91 Å². The highest BCUT2D eigenvalue weighted by atomic mass is 16.1. The molecule has 1 aliphatic rings. The first-order valence-corrected chi connectivity index (χ1v) is 6.94. The molecule has 0 bridgehead atoms. The molecule has 1 amide bonds. The number of hydrogen-bond acceptors (Lipinski definition) is 3. The van der Waals surface area contributed by atoms with Crippen LogP contribution in [-0.4, -0.2) is 17.4 Å². The molecule has 1 saturated carbocycles. The number of nitrogens with one attached hydrogen (secondary N) is 1. The van der Waals surface area contributed by atoms with Gasteiger partial charge in [-0.3, -0.25) is 9.78 Å². The van der Waals surface area contributed by atoms with Crippen LogP contribution in [0.3, 0.4) is 0 Å². The molecule has 100 valence electrons. The fourth-order valence-electron chi connectivity index (χ4n) is 2.58. The molecule has 19 heavy (non-hydrogen) atoms. The maximum absolute atomic E-state index is 11.9. The lowest BCUT2D eigenvalue weighted by Gasteiger charge is -2.21. The summed E-state index contributed by atoms with van der Waals surface area (Å²) in [4.78, 5) is 15.9. The van der Waals surface area contributed by atoms with Gasteiger partial charge in [0.25, 0.3) is 5.91 Å². The normalized spacial score (nSPS) is 15.7. The van der Waals surface area contributed by atoms with E-state index in [4.69, 9.17) is 5.26 Å². The van der Waals surface area contributed by atoms with E-state index in [1.165, 1.54) is 44.4 Å². The zero-order valence-electron chi connectivity index (χ0n) is 11.1. The van der Waals surface area contributed by atoms with E-state index in [2.05, 4.69) is 10.3 Å². The van der Waals surface area contributed by atoms with Gasteiger partial charge in [-0.25, -0.2) is 0 Å². The second-order valence-corrected chi connectivity index (χ2v) is 5.09. The Hall–Kier alpha value is -1.89. The summed E-state index contributed by atoms with van der Waals surface area (Å²) in [6, 6.07) is 5.13. The predicted molar refractivity (Wildman–Crippen MR) is 72.5 cm³/mol. The van der Waals surface area contributed by atoms with Crippen molar-refractivity contribution in [1.29, 1.82) is 5.26 Å². The number of aromatic nitrogens is 1. The summed E-state index contributed by atoms with van der Waals surface area (Å²) < 4.78 is 0. The molecule has 1 aliphatic carbocycles. The van der Waals surface area contributed by atoms with E-state index >= 15 is 0 Å². The van der Waals surface area contributed by atoms with Gasteiger partial charge < -0.3 is 5.32 Å². The average Bonchev–Trinajstić information content (AvgIpc) is 2.48. The summed E-state index contributed by atoms with van der Waals surface area (Å²) in [7, 11) is 0. The fourth-order valence-corrected chi connectivity index (χ4v) is 2.58. The lowest BCUT2D eigenvalue weighted by Crippen LogP contribution is -2.27. The first-order valence-electron chi connectivity index (χ1n) is 6.94. The van der Waals surface area contributed by atoms with Gasteiger partial charge in [-0.05, 0) is 24.5 Å². The molecule has 0 aliphatic heterocycles. The maximum Gasteiger partial charge on any atom is 0.269 e. The Morgan fingerprint density at radius 2 is 2.21 bits per heavy atom. The number of carbonyl (C=O) groups is 1. The van der Waals surface area contributed by atoms with E-state index in [9.17, 15) is 4.79 Å². The molecular formula is C15H19N3O. The average molecular weight is 257 g/mol. The second-order valence-electron chi connectivity index (χ2n) is 5.09. The van der Waals surface area contributed by atoms with Crippen LogP contribution in [0.25, 0.3) is 0 Å². The van der Waals surface area contributed by atoms with Crippen LogP contribution < -0.4 is 5.32 Å². The molecule has 4 nitrogen and oxygen atoms in total. The number of carbonyl (C=O) groups excluding carboxylic acids is 1. The van der Waals surface area contributed by atoms with Gasteiger partial charge in [0.05, 0.1) is 11.6 Å². The van der Waals surface area contributed by atoms with Gasteiger partial charge in [0.15, 0.2) is 0 Å². The molecule has 0 aromatic carbocycles. The molecule has 0 saturated heterocycles. The van der Waals surface area contributed by atoms with E-state index in [1.54, 1.807) is 6.07 Å². The van der Waals surface area contributed by atoms with Crippen molar-refractivity contribution in [3.05, 3.63) is 29.6 Å². The van der Waals surface area contributed by atoms with Crippen molar-refractivity contribution < 1.29 is 4.79 Å². The van der Waals surface area contributed by atoms with Gasteiger partial charge in [0, 0.05) is 12.7 Å². The van der Waals surface area contributed by atoms with Crippen molar-refractivity contribution in [3.8, 4) is 6.07 Å². The largest absolute Gasteiger partial charge is 0.351 e. The van der Waals surface area contributed by atoms with Crippen molar-refractivity contribution in [2.75, 3.05) is 6.54 Å². The maximum atomic E-state index is 11.9. The Bertz CT molecular complexity index is 473. The van der Waals surface area contributed by atoms with Crippen LogP contribution in [-0.2, 0) is 0 Å². The molecule has 0 spiro atoms. The molecule has 0 radical (unpaired) electrons. The van der Waals surface area contributed by atoms with Crippen molar-refractivity contribution in [1.82, 2.24) is 10.3 Å². The van der Waals surface area contributed by atoms with Crippen molar-refractivity contribution in [2.24, 2.45) is 5.92 Å². The number of rotatable bonds is 4. The molecule has 0 atom stereocenters. The third-order valence-corrected chi connectivity index (χ3v) is 3.68. The monoisotopic (exact) mass is 257 g/mol. The van der Waals surface area contributed by atoms with Gasteiger partial charge in [0.1, 0.15) is 5.69 Å². The quantitative estimate of drug-likeness (QED) is 0.901. The Balaban J connectivity index is 1.79. The summed E-state index contributed by atoms with van der Waals surface area (Å²) in [5.41, 5.74) is 0.787. The molecule has 1 aromatic rings. The van der Waals surface area contributed by atoms with Crippen LogP contribution in [0, 0.1) is 17.2 Å². The van der Waals surface area contributed by atoms with Crippen LogP contribution >= 0.6 is 0 Å². The number of pyridine rings is 1. The number of amides is 1. The molecule has 1 heterocycles. The predicted octanol–water partition coefficient (Wildman–Crippen LogP) is 2.65. The Morgan fingerprint density at radius 3 is 2.95 bits per heavy atom. The highest BCUT2D eigenvalue weighted by Crippen LogP contribution is 2.25. The minimum absolute atomic E-state index is 0.187. The highest BCUT2D eigenvalue weighted by Gasteiger charge is 2.14. The Kier molecular flexibility index (Phi) is 4.91. The van der Waals surface area contributed by atoms with Gasteiger partial charge in [0.2, 0.25) is 0 Å². The van der Waals surface area contributed by atoms with E-state index in [1.807, 2.05) is 6.07 Å². The van der Waals surface area contributed by atoms with Crippen molar-refractivity contribution >= 4 is 5.91 Å².